The Labute approximate surface area is 151 Å². The molecule has 2 aromatic carbocycles. The van der Waals surface area contributed by atoms with Crippen molar-refractivity contribution >= 4 is 16.7 Å². The topological polar surface area (TPSA) is 20.3 Å². The molecule has 0 spiro atoms. The van der Waals surface area contributed by atoms with Gasteiger partial charge >= 0.3 is 0 Å². The van der Waals surface area contributed by atoms with Gasteiger partial charge in [0.2, 0.25) is 5.91 Å². The number of carbonyl (C=O) groups excluding carboxylic acids is 1. The molecule has 2 nitrogen and oxygen atoms in total. The fraction of sp³-hybridized carbons (Fsp3) is 0.522. The smallest absolute Gasteiger partial charge is 0.226 e. The number of benzene rings is 2. The first-order valence-electron chi connectivity index (χ1n) is 9.93. The number of fused-ring (bicyclic) bond motifs is 1. The summed E-state index contributed by atoms with van der Waals surface area (Å²) in [6.45, 7) is 5.38. The lowest BCUT2D eigenvalue weighted by atomic mass is 9.89. The van der Waals surface area contributed by atoms with Crippen molar-refractivity contribution in [3.8, 4) is 0 Å². The first-order valence-corrected chi connectivity index (χ1v) is 9.93. The number of nitrogens with zero attached hydrogens (tertiary/aromatic N) is 1. The lowest BCUT2D eigenvalue weighted by molar-refractivity contribution is -0.133. The van der Waals surface area contributed by atoms with Gasteiger partial charge < -0.3 is 4.90 Å². The molecule has 1 atom stereocenters. The van der Waals surface area contributed by atoms with Gasteiger partial charge in [0.15, 0.2) is 0 Å². The van der Waals surface area contributed by atoms with Crippen LogP contribution in [-0.2, 0) is 11.2 Å². The van der Waals surface area contributed by atoms with Gasteiger partial charge in [-0.25, -0.2) is 0 Å². The molecule has 1 aliphatic carbocycles. The third-order valence-electron chi connectivity index (χ3n) is 6.46. The number of rotatable bonds is 3. The highest BCUT2D eigenvalue weighted by Gasteiger charge is 2.36. The molecule has 2 aliphatic rings. The standard InChI is InChI=1S/C23H29NO/c1-16-14-19(17(2)22-11-7-6-10-21(16)22)15-18-12-13-24(23(18)25)20-8-4-3-5-9-20/h6-7,10-11,14,18,20H,3-5,8-9,12-13,15H2,1-2H3. The Hall–Kier alpha value is -1.83. The summed E-state index contributed by atoms with van der Waals surface area (Å²) in [5, 5.41) is 2.68. The zero-order valence-electron chi connectivity index (χ0n) is 15.6. The van der Waals surface area contributed by atoms with Gasteiger partial charge in [0.05, 0.1) is 0 Å². The molecule has 132 valence electrons. The molecule has 1 saturated carbocycles. The Morgan fingerprint density at radius 2 is 1.72 bits per heavy atom. The zero-order chi connectivity index (χ0) is 17.4. The van der Waals surface area contributed by atoms with Gasteiger partial charge in [0.25, 0.3) is 0 Å². The molecule has 0 bridgehead atoms. The largest absolute Gasteiger partial charge is 0.339 e. The lowest BCUT2D eigenvalue weighted by Crippen LogP contribution is -2.39. The third-order valence-corrected chi connectivity index (χ3v) is 6.46. The second-order valence-electron chi connectivity index (χ2n) is 8.04. The van der Waals surface area contributed by atoms with E-state index in [-0.39, 0.29) is 5.92 Å². The SMILES string of the molecule is Cc1cc(CC2CCN(C3CCCCC3)C2=O)c(C)c2ccccc12. The molecule has 1 heterocycles. The normalized spacial score (nSPS) is 22.1. The van der Waals surface area contributed by atoms with Crippen LogP contribution in [0, 0.1) is 19.8 Å². The van der Waals surface area contributed by atoms with Crippen LogP contribution >= 0.6 is 0 Å². The van der Waals surface area contributed by atoms with E-state index in [2.05, 4.69) is 49.1 Å². The lowest BCUT2D eigenvalue weighted by Gasteiger charge is -2.31. The minimum Gasteiger partial charge on any atom is -0.339 e. The van der Waals surface area contributed by atoms with Crippen molar-refractivity contribution in [2.24, 2.45) is 5.92 Å². The molecule has 2 heteroatoms. The molecule has 4 rings (SSSR count). The van der Waals surface area contributed by atoms with Gasteiger partial charge in [0, 0.05) is 18.5 Å². The second-order valence-corrected chi connectivity index (χ2v) is 8.04. The highest BCUT2D eigenvalue weighted by atomic mass is 16.2. The van der Waals surface area contributed by atoms with E-state index in [4.69, 9.17) is 0 Å². The van der Waals surface area contributed by atoms with Crippen LogP contribution in [0.2, 0.25) is 0 Å². The fourth-order valence-corrected chi connectivity index (χ4v) is 4.96. The van der Waals surface area contributed by atoms with E-state index in [0.717, 1.165) is 19.4 Å². The average molecular weight is 335 g/mol. The molecule has 1 amide bonds. The summed E-state index contributed by atoms with van der Waals surface area (Å²) in [5.74, 6) is 0.596. The molecule has 0 aromatic heterocycles. The van der Waals surface area contributed by atoms with Crippen LogP contribution in [0.3, 0.4) is 0 Å². The minimum absolute atomic E-state index is 0.182. The van der Waals surface area contributed by atoms with Crippen LogP contribution < -0.4 is 0 Å². The number of amides is 1. The Kier molecular flexibility index (Phi) is 4.54. The van der Waals surface area contributed by atoms with Gasteiger partial charge in [-0.05, 0) is 67.0 Å². The zero-order valence-corrected chi connectivity index (χ0v) is 15.6. The predicted molar refractivity (Wildman–Crippen MR) is 104 cm³/mol. The maximum absolute atomic E-state index is 13.0. The number of hydrogen-bond donors (Lipinski definition) is 0. The Morgan fingerprint density at radius 3 is 2.48 bits per heavy atom. The van der Waals surface area contributed by atoms with E-state index < -0.39 is 0 Å². The van der Waals surface area contributed by atoms with Gasteiger partial charge in [-0.1, -0.05) is 49.6 Å². The van der Waals surface area contributed by atoms with Gasteiger partial charge in [-0.3, -0.25) is 4.79 Å². The summed E-state index contributed by atoms with van der Waals surface area (Å²) < 4.78 is 0. The van der Waals surface area contributed by atoms with E-state index in [0.29, 0.717) is 11.9 Å². The van der Waals surface area contributed by atoms with Crippen LogP contribution in [0.15, 0.2) is 30.3 Å². The predicted octanol–water partition coefficient (Wildman–Crippen LogP) is 5.18. The summed E-state index contributed by atoms with van der Waals surface area (Å²) in [4.78, 5) is 15.2. The Bertz CT molecular complexity index is 788. The Balaban J connectivity index is 1.55. The minimum atomic E-state index is 0.182. The molecule has 1 unspecified atom stereocenters. The molecular formula is C23H29NO. The molecule has 0 N–H and O–H groups in total. The van der Waals surface area contributed by atoms with Gasteiger partial charge in [-0.15, -0.1) is 0 Å². The highest BCUT2D eigenvalue weighted by Crippen LogP contribution is 2.32. The quantitative estimate of drug-likeness (QED) is 0.757. The summed E-state index contributed by atoms with van der Waals surface area (Å²) in [5.41, 5.74) is 4.04. The van der Waals surface area contributed by atoms with Gasteiger partial charge in [0.1, 0.15) is 0 Å². The van der Waals surface area contributed by atoms with Crippen molar-refractivity contribution in [2.75, 3.05) is 6.54 Å². The summed E-state index contributed by atoms with van der Waals surface area (Å²) in [6.07, 6.45) is 8.29. The second kappa shape index (κ2) is 6.82. The fourth-order valence-electron chi connectivity index (χ4n) is 4.96. The third kappa shape index (κ3) is 3.07. The molecule has 2 fully saturated rings. The summed E-state index contributed by atoms with van der Waals surface area (Å²) in [7, 11) is 0. The van der Waals surface area contributed by atoms with Crippen LogP contribution in [0.25, 0.3) is 10.8 Å². The van der Waals surface area contributed by atoms with Crippen molar-refractivity contribution < 1.29 is 4.79 Å². The maximum Gasteiger partial charge on any atom is 0.226 e. The molecule has 1 aliphatic heterocycles. The van der Waals surface area contributed by atoms with E-state index >= 15 is 0 Å². The molecular weight excluding hydrogens is 306 g/mol. The van der Waals surface area contributed by atoms with Gasteiger partial charge in [-0.2, -0.15) is 0 Å². The Morgan fingerprint density at radius 1 is 1.00 bits per heavy atom. The van der Waals surface area contributed by atoms with Crippen molar-refractivity contribution in [3.63, 3.8) is 0 Å². The summed E-state index contributed by atoms with van der Waals surface area (Å²) >= 11 is 0. The van der Waals surface area contributed by atoms with Crippen LogP contribution in [0.4, 0.5) is 0 Å². The number of aryl methyl sites for hydroxylation is 2. The summed E-state index contributed by atoms with van der Waals surface area (Å²) in [6, 6.07) is 11.5. The van der Waals surface area contributed by atoms with Crippen molar-refractivity contribution in [1.82, 2.24) is 4.90 Å². The first-order chi connectivity index (χ1) is 12.1. The van der Waals surface area contributed by atoms with Crippen molar-refractivity contribution in [1.29, 1.82) is 0 Å². The molecule has 1 saturated heterocycles. The van der Waals surface area contributed by atoms with Crippen LogP contribution in [0.1, 0.15) is 55.2 Å². The molecule has 25 heavy (non-hydrogen) atoms. The average Bonchev–Trinajstić information content (AvgIpc) is 3.01. The van der Waals surface area contributed by atoms with E-state index in [1.54, 1.807) is 0 Å². The number of likely N-dealkylation sites (tertiary alicyclic amines) is 1. The van der Waals surface area contributed by atoms with E-state index in [9.17, 15) is 4.79 Å². The van der Waals surface area contributed by atoms with Crippen molar-refractivity contribution in [3.05, 3.63) is 47.0 Å². The maximum atomic E-state index is 13.0. The monoisotopic (exact) mass is 335 g/mol. The van der Waals surface area contributed by atoms with E-state index in [1.807, 2.05) is 0 Å². The van der Waals surface area contributed by atoms with E-state index in [1.165, 1.54) is 59.6 Å². The molecule has 0 radical (unpaired) electrons. The van der Waals surface area contributed by atoms with Crippen LogP contribution in [-0.4, -0.2) is 23.4 Å². The molecule has 2 aromatic rings. The highest BCUT2D eigenvalue weighted by molar-refractivity contribution is 5.90. The van der Waals surface area contributed by atoms with Crippen molar-refractivity contribution in [2.45, 2.75) is 64.8 Å². The van der Waals surface area contributed by atoms with Crippen LogP contribution in [0.5, 0.6) is 0 Å². The first kappa shape index (κ1) is 16.6. The number of carbonyl (C=O) groups is 1. The number of hydrogen-bond acceptors (Lipinski definition) is 1.